The van der Waals surface area contributed by atoms with Crippen LogP contribution in [0.1, 0.15) is 24.0 Å². The number of nitrogens with one attached hydrogen (secondary N) is 1. The van der Waals surface area contributed by atoms with E-state index in [0.29, 0.717) is 6.04 Å². The number of pyridine rings is 1. The molecule has 156 valence electrons. The maximum absolute atomic E-state index is 12.8. The van der Waals surface area contributed by atoms with Gasteiger partial charge in [-0.2, -0.15) is 0 Å². The summed E-state index contributed by atoms with van der Waals surface area (Å²) in [6, 6.07) is 14.6. The molecule has 6 heteroatoms. The highest BCUT2D eigenvalue weighted by Gasteiger charge is 2.25. The van der Waals surface area contributed by atoms with Crippen LogP contribution in [0.3, 0.4) is 0 Å². The molecule has 2 aliphatic heterocycles. The van der Waals surface area contributed by atoms with Gasteiger partial charge < -0.3 is 24.3 Å². The number of aryl methyl sites for hydroxylation is 2. The minimum absolute atomic E-state index is 0.0194. The fourth-order valence-electron chi connectivity index (χ4n) is 4.56. The summed E-state index contributed by atoms with van der Waals surface area (Å²) >= 11 is 0. The average molecular weight is 405 g/mol. The van der Waals surface area contributed by atoms with Gasteiger partial charge in [-0.25, -0.2) is 0 Å². The van der Waals surface area contributed by atoms with Crippen LogP contribution >= 0.6 is 0 Å². The SMILES string of the molecule is Cc1ccc2c(c1)c(N(Cc1ccc3c(c1)OCO3)C1CCNCC1)cc(=O)n2C. The molecule has 0 bridgehead atoms. The van der Waals surface area contributed by atoms with Crippen LogP contribution in [0.5, 0.6) is 11.5 Å². The molecule has 1 fully saturated rings. The third-order valence-corrected chi connectivity index (χ3v) is 6.23. The second-order valence-electron chi connectivity index (χ2n) is 8.24. The highest BCUT2D eigenvalue weighted by Crippen LogP contribution is 2.35. The van der Waals surface area contributed by atoms with Crippen LogP contribution in [-0.2, 0) is 13.6 Å². The lowest BCUT2D eigenvalue weighted by molar-refractivity contribution is 0.174. The van der Waals surface area contributed by atoms with Crippen molar-refractivity contribution < 1.29 is 9.47 Å². The summed E-state index contributed by atoms with van der Waals surface area (Å²) in [5.74, 6) is 1.59. The van der Waals surface area contributed by atoms with Crippen LogP contribution in [0.15, 0.2) is 47.3 Å². The van der Waals surface area contributed by atoms with Crippen molar-refractivity contribution >= 4 is 16.6 Å². The normalized spacial score (nSPS) is 16.2. The molecule has 1 saturated heterocycles. The standard InChI is InChI=1S/C24H27N3O3/c1-16-3-5-20-19(11-16)21(13-24(28)26(20)2)27(18-7-9-25-10-8-18)14-17-4-6-22-23(12-17)30-15-29-22/h3-6,11-13,18,25H,7-10,14-15H2,1-2H3. The maximum atomic E-state index is 12.8. The zero-order valence-electron chi connectivity index (χ0n) is 17.5. The van der Waals surface area contributed by atoms with Gasteiger partial charge in [-0.15, -0.1) is 0 Å². The lowest BCUT2D eigenvalue weighted by atomic mass is 10.0. The summed E-state index contributed by atoms with van der Waals surface area (Å²) in [7, 11) is 1.84. The Morgan fingerprint density at radius 3 is 2.70 bits per heavy atom. The summed E-state index contributed by atoms with van der Waals surface area (Å²) in [5, 5.41) is 4.58. The van der Waals surface area contributed by atoms with Crippen LogP contribution in [0, 0.1) is 6.92 Å². The minimum Gasteiger partial charge on any atom is -0.454 e. The minimum atomic E-state index is 0.0194. The Balaban J connectivity index is 1.63. The Kier molecular flexibility index (Phi) is 4.87. The molecule has 0 spiro atoms. The van der Waals surface area contributed by atoms with Gasteiger partial charge in [0.1, 0.15) is 0 Å². The number of piperidine rings is 1. The van der Waals surface area contributed by atoms with Crippen molar-refractivity contribution in [3.8, 4) is 11.5 Å². The van der Waals surface area contributed by atoms with Crippen LogP contribution in [0.2, 0.25) is 0 Å². The molecule has 0 atom stereocenters. The summed E-state index contributed by atoms with van der Waals surface area (Å²) in [5.41, 5.74) is 4.34. The number of hydrogen-bond donors (Lipinski definition) is 1. The van der Waals surface area contributed by atoms with E-state index in [-0.39, 0.29) is 12.4 Å². The van der Waals surface area contributed by atoms with E-state index in [0.717, 1.165) is 66.1 Å². The zero-order chi connectivity index (χ0) is 20.7. The monoisotopic (exact) mass is 405 g/mol. The summed E-state index contributed by atoms with van der Waals surface area (Å²) in [6.07, 6.45) is 2.10. The molecule has 0 amide bonds. The van der Waals surface area contributed by atoms with Gasteiger partial charge in [-0.3, -0.25) is 4.79 Å². The van der Waals surface area contributed by atoms with Crippen LogP contribution in [0.25, 0.3) is 10.9 Å². The molecule has 6 nitrogen and oxygen atoms in total. The number of benzene rings is 2. The van der Waals surface area contributed by atoms with E-state index < -0.39 is 0 Å². The highest BCUT2D eigenvalue weighted by atomic mass is 16.7. The van der Waals surface area contributed by atoms with E-state index in [1.807, 2.05) is 13.1 Å². The average Bonchev–Trinajstić information content (AvgIpc) is 3.23. The van der Waals surface area contributed by atoms with Crippen molar-refractivity contribution in [1.29, 1.82) is 0 Å². The first-order valence-electron chi connectivity index (χ1n) is 10.6. The number of ether oxygens (including phenoxy) is 2. The van der Waals surface area contributed by atoms with Gasteiger partial charge in [0.05, 0.1) is 11.2 Å². The fourth-order valence-corrected chi connectivity index (χ4v) is 4.56. The first-order chi connectivity index (χ1) is 14.6. The summed E-state index contributed by atoms with van der Waals surface area (Å²) < 4.78 is 12.8. The topological polar surface area (TPSA) is 55.7 Å². The van der Waals surface area contributed by atoms with Gasteiger partial charge in [0, 0.05) is 31.1 Å². The number of anilines is 1. The molecule has 3 aromatic rings. The number of fused-ring (bicyclic) bond motifs is 2. The van der Waals surface area contributed by atoms with Gasteiger partial charge in [-0.1, -0.05) is 17.7 Å². The molecule has 2 aromatic carbocycles. The Morgan fingerprint density at radius 2 is 1.87 bits per heavy atom. The predicted octanol–water partition coefficient (Wildman–Crippen LogP) is 3.33. The number of rotatable bonds is 4. The summed E-state index contributed by atoms with van der Waals surface area (Å²) in [6.45, 7) is 5.07. The molecule has 0 radical (unpaired) electrons. The first-order valence-corrected chi connectivity index (χ1v) is 10.6. The maximum Gasteiger partial charge on any atom is 0.252 e. The van der Waals surface area contributed by atoms with Crippen molar-refractivity contribution in [1.82, 2.24) is 9.88 Å². The Labute approximate surface area is 176 Å². The van der Waals surface area contributed by atoms with Crippen LogP contribution in [0.4, 0.5) is 5.69 Å². The Hall–Kier alpha value is -2.99. The molecule has 1 N–H and O–H groups in total. The molecule has 0 unspecified atom stereocenters. The molecular formula is C24H27N3O3. The number of nitrogens with zero attached hydrogens (tertiary/aromatic N) is 2. The van der Waals surface area contributed by atoms with Gasteiger partial charge in [0.15, 0.2) is 11.5 Å². The van der Waals surface area contributed by atoms with E-state index in [4.69, 9.17) is 9.47 Å². The van der Waals surface area contributed by atoms with Crippen LogP contribution < -0.4 is 25.2 Å². The second kappa shape index (κ2) is 7.69. The molecule has 0 saturated carbocycles. The quantitative estimate of drug-likeness (QED) is 0.722. The second-order valence-corrected chi connectivity index (χ2v) is 8.24. The predicted molar refractivity (Wildman–Crippen MR) is 119 cm³/mol. The van der Waals surface area contributed by atoms with Crippen molar-refractivity contribution in [3.05, 3.63) is 63.9 Å². The Morgan fingerprint density at radius 1 is 1.07 bits per heavy atom. The molecule has 5 rings (SSSR count). The van der Waals surface area contributed by atoms with E-state index in [9.17, 15) is 4.79 Å². The molecule has 30 heavy (non-hydrogen) atoms. The van der Waals surface area contributed by atoms with Crippen molar-refractivity contribution in [2.24, 2.45) is 7.05 Å². The molecule has 3 heterocycles. The molecule has 0 aliphatic carbocycles. The highest BCUT2D eigenvalue weighted by molar-refractivity contribution is 5.92. The molecular weight excluding hydrogens is 378 g/mol. The third kappa shape index (κ3) is 3.41. The first kappa shape index (κ1) is 19.0. The van der Waals surface area contributed by atoms with Crippen molar-refractivity contribution in [3.63, 3.8) is 0 Å². The van der Waals surface area contributed by atoms with Gasteiger partial charge >= 0.3 is 0 Å². The van der Waals surface area contributed by atoms with Gasteiger partial charge in [-0.05, 0) is 62.7 Å². The smallest absolute Gasteiger partial charge is 0.252 e. The largest absolute Gasteiger partial charge is 0.454 e. The zero-order valence-corrected chi connectivity index (χ0v) is 17.5. The molecule has 2 aliphatic rings. The Bertz CT molecular complexity index is 1150. The van der Waals surface area contributed by atoms with E-state index in [1.165, 1.54) is 5.56 Å². The number of hydrogen-bond acceptors (Lipinski definition) is 5. The molecule has 1 aromatic heterocycles. The van der Waals surface area contributed by atoms with E-state index in [1.54, 1.807) is 10.6 Å². The third-order valence-electron chi connectivity index (χ3n) is 6.23. The lowest BCUT2D eigenvalue weighted by Gasteiger charge is -2.37. The van der Waals surface area contributed by atoms with E-state index in [2.05, 4.69) is 47.5 Å². The lowest BCUT2D eigenvalue weighted by Crippen LogP contribution is -2.43. The van der Waals surface area contributed by atoms with Crippen molar-refractivity contribution in [2.75, 3.05) is 24.8 Å². The summed E-state index contributed by atoms with van der Waals surface area (Å²) in [4.78, 5) is 15.2. The van der Waals surface area contributed by atoms with Gasteiger partial charge in [0.25, 0.3) is 5.56 Å². The van der Waals surface area contributed by atoms with Crippen LogP contribution in [-0.4, -0.2) is 30.5 Å². The van der Waals surface area contributed by atoms with Gasteiger partial charge in [0.2, 0.25) is 6.79 Å². The number of aromatic nitrogens is 1. The van der Waals surface area contributed by atoms with E-state index >= 15 is 0 Å². The van der Waals surface area contributed by atoms with Crippen molar-refractivity contribution in [2.45, 2.75) is 32.4 Å². The fraction of sp³-hybridized carbons (Fsp3) is 0.375.